The van der Waals surface area contributed by atoms with Crippen LogP contribution >= 0.6 is 0 Å². The second-order valence-electron chi connectivity index (χ2n) is 9.72. The first-order valence-electron chi connectivity index (χ1n) is 12.2. The lowest BCUT2D eigenvalue weighted by molar-refractivity contribution is -0.462. The first-order chi connectivity index (χ1) is 19.9. The molecule has 0 aromatic heterocycles. The number of ether oxygens (including phenoxy) is 2. The molecule has 2 unspecified atom stereocenters. The van der Waals surface area contributed by atoms with Crippen LogP contribution in [0.15, 0.2) is 42.5 Å². The molecule has 0 saturated heterocycles. The molecule has 3 nitrogen and oxygen atoms in total. The van der Waals surface area contributed by atoms with Crippen LogP contribution in [0.1, 0.15) is 32.3 Å². The fraction of sp³-hybridized carbons (Fsp3) is 0.640. The van der Waals surface area contributed by atoms with Crippen LogP contribution in [-0.4, -0.2) is 72.4 Å². The smallest absolute Gasteiger partial charge is 0.457 e. The largest absolute Gasteiger partial charge is 0.460 e. The van der Waals surface area contributed by atoms with Gasteiger partial charge in [0.2, 0.25) is 0 Å². The molecule has 45 heavy (non-hydrogen) atoms. The lowest BCUT2D eigenvalue weighted by Crippen LogP contribution is -2.74. The van der Waals surface area contributed by atoms with E-state index in [2.05, 4.69) is 6.58 Å². The number of carbonyl (C=O) groups excluding carboxylic acids is 1. The zero-order valence-corrected chi connectivity index (χ0v) is 22.7. The van der Waals surface area contributed by atoms with Crippen LogP contribution in [0.2, 0.25) is 0 Å². The topological polar surface area (TPSA) is 35.5 Å². The predicted octanol–water partition coefficient (Wildman–Crippen LogP) is 8.91. The maximum absolute atomic E-state index is 14.3. The van der Waals surface area contributed by atoms with E-state index in [1.807, 2.05) is 0 Å². The van der Waals surface area contributed by atoms with Crippen LogP contribution in [-0.2, 0) is 20.7 Å². The van der Waals surface area contributed by atoms with Crippen molar-refractivity contribution in [3.8, 4) is 0 Å². The van der Waals surface area contributed by atoms with E-state index in [-0.39, 0.29) is 18.4 Å². The summed E-state index contributed by atoms with van der Waals surface area (Å²) in [7, 11) is 0. The molecule has 1 rings (SSSR count). The summed E-state index contributed by atoms with van der Waals surface area (Å²) in [5.41, 5.74) is 0.366. The Hall–Kier alpha value is -2.80. The van der Waals surface area contributed by atoms with E-state index >= 15 is 0 Å². The maximum atomic E-state index is 14.3. The lowest BCUT2D eigenvalue weighted by Gasteiger charge is -2.42. The van der Waals surface area contributed by atoms with Crippen molar-refractivity contribution < 1.29 is 88.9 Å². The van der Waals surface area contributed by atoms with Crippen LogP contribution < -0.4 is 0 Å². The molecule has 20 heteroatoms. The fourth-order valence-corrected chi connectivity index (χ4v) is 3.44. The van der Waals surface area contributed by atoms with Crippen molar-refractivity contribution >= 4 is 5.97 Å². The Bertz CT molecular complexity index is 1160. The second kappa shape index (κ2) is 13.1. The number of hydrogen-bond acceptors (Lipinski definition) is 3. The minimum Gasteiger partial charge on any atom is -0.457 e. The van der Waals surface area contributed by atoms with Crippen LogP contribution in [0.25, 0.3) is 0 Å². The third-order valence-electron chi connectivity index (χ3n) is 6.26. The summed E-state index contributed by atoms with van der Waals surface area (Å²) in [6.45, 7) is 3.72. The summed E-state index contributed by atoms with van der Waals surface area (Å²) in [5, 5.41) is 0. The minimum atomic E-state index is -8.69. The Balaban J connectivity index is 3.30. The SMILES string of the molecule is C=C(C)C(=O)OC(C)C(CCc1ccccc1)OCCC(F)(F)C(F)(F)C(F)(F)C(F)(F)C(F)(F)C(F)(F)C(F)(F)C(F)(F)F. The van der Waals surface area contributed by atoms with Crippen molar-refractivity contribution in [1.82, 2.24) is 0 Å². The molecular formula is C25H23F17O3. The zero-order valence-electron chi connectivity index (χ0n) is 22.7. The summed E-state index contributed by atoms with van der Waals surface area (Å²) in [6, 6.07) is 7.79. The van der Waals surface area contributed by atoms with Gasteiger partial charge in [-0.25, -0.2) is 4.79 Å². The van der Waals surface area contributed by atoms with E-state index in [0.717, 1.165) is 6.92 Å². The molecule has 0 saturated carbocycles. The van der Waals surface area contributed by atoms with Gasteiger partial charge in [-0.2, -0.15) is 74.6 Å². The average molecular weight is 694 g/mol. The molecule has 0 aliphatic heterocycles. The van der Waals surface area contributed by atoms with Gasteiger partial charge in [0.25, 0.3) is 0 Å². The zero-order chi connectivity index (χ0) is 35.7. The molecule has 260 valence electrons. The Labute approximate surface area is 243 Å². The fourth-order valence-electron chi connectivity index (χ4n) is 3.44. The van der Waals surface area contributed by atoms with Gasteiger partial charge >= 0.3 is 53.6 Å². The van der Waals surface area contributed by atoms with E-state index < -0.39 is 78.8 Å². The number of aryl methyl sites for hydroxylation is 1. The molecule has 0 aliphatic carbocycles. The van der Waals surface area contributed by atoms with Crippen molar-refractivity contribution in [2.45, 2.75) is 93.0 Å². The van der Waals surface area contributed by atoms with Gasteiger partial charge in [0.05, 0.1) is 12.7 Å². The van der Waals surface area contributed by atoms with E-state index in [1.54, 1.807) is 30.3 Å². The molecule has 0 amide bonds. The molecular weight excluding hydrogens is 671 g/mol. The monoisotopic (exact) mass is 694 g/mol. The summed E-state index contributed by atoms with van der Waals surface area (Å²) in [6.07, 6.45) is -13.7. The van der Waals surface area contributed by atoms with Crippen LogP contribution in [0.3, 0.4) is 0 Å². The average Bonchev–Trinajstić information content (AvgIpc) is 2.89. The molecule has 2 atom stereocenters. The van der Waals surface area contributed by atoms with E-state index in [1.165, 1.54) is 6.92 Å². The molecule has 1 aromatic rings. The normalized spacial score (nSPS) is 15.9. The molecule has 0 radical (unpaired) electrons. The first kappa shape index (κ1) is 40.2. The number of hydrogen-bond donors (Lipinski definition) is 0. The minimum absolute atomic E-state index is 0.0170. The predicted molar refractivity (Wildman–Crippen MR) is 120 cm³/mol. The van der Waals surface area contributed by atoms with Gasteiger partial charge in [-0.3, -0.25) is 0 Å². The Morgan fingerprint density at radius 2 is 1.13 bits per heavy atom. The van der Waals surface area contributed by atoms with Gasteiger partial charge < -0.3 is 9.47 Å². The third kappa shape index (κ3) is 7.45. The van der Waals surface area contributed by atoms with Crippen molar-refractivity contribution in [3.63, 3.8) is 0 Å². The number of esters is 1. The Morgan fingerprint density at radius 1 is 0.711 bits per heavy atom. The van der Waals surface area contributed by atoms with Crippen molar-refractivity contribution in [1.29, 1.82) is 0 Å². The van der Waals surface area contributed by atoms with Crippen molar-refractivity contribution in [3.05, 3.63) is 48.0 Å². The highest BCUT2D eigenvalue weighted by molar-refractivity contribution is 5.87. The van der Waals surface area contributed by atoms with Gasteiger partial charge in [-0.1, -0.05) is 36.9 Å². The molecule has 0 spiro atoms. The number of benzene rings is 1. The van der Waals surface area contributed by atoms with Crippen molar-refractivity contribution in [2.24, 2.45) is 0 Å². The Kier molecular flexibility index (Phi) is 11.7. The summed E-state index contributed by atoms with van der Waals surface area (Å²) in [5.74, 6) is -57.9. The van der Waals surface area contributed by atoms with Gasteiger partial charge in [0.1, 0.15) is 6.10 Å². The molecule has 1 aromatic carbocycles. The van der Waals surface area contributed by atoms with E-state index in [9.17, 15) is 79.4 Å². The van der Waals surface area contributed by atoms with E-state index in [0.29, 0.717) is 5.56 Å². The highest BCUT2D eigenvalue weighted by atomic mass is 19.4. The number of carbonyl (C=O) groups is 1. The standard InChI is InChI=1S/C25H23F17O3/c1-13(2)17(43)45-14(3)16(10-9-15-7-5-4-6-8-15)44-12-11-18(26,27)19(28,29)20(30,31)21(32,33)22(34,35)23(36,37)24(38,39)25(40,41)42/h4-8,14,16H,1,9-12H2,2-3H3. The van der Waals surface area contributed by atoms with Crippen molar-refractivity contribution in [2.75, 3.05) is 6.61 Å². The van der Waals surface area contributed by atoms with Crippen LogP contribution in [0.4, 0.5) is 74.6 Å². The van der Waals surface area contributed by atoms with Gasteiger partial charge in [-0.15, -0.1) is 0 Å². The van der Waals surface area contributed by atoms with Crippen LogP contribution in [0, 0.1) is 0 Å². The second-order valence-corrected chi connectivity index (χ2v) is 9.72. The molecule has 0 bridgehead atoms. The lowest BCUT2D eigenvalue weighted by atomic mass is 9.88. The Morgan fingerprint density at radius 3 is 1.56 bits per heavy atom. The number of alkyl halides is 17. The van der Waals surface area contributed by atoms with Gasteiger partial charge in [-0.05, 0) is 32.3 Å². The highest BCUT2D eigenvalue weighted by Gasteiger charge is 2.95. The number of halogens is 17. The summed E-state index contributed by atoms with van der Waals surface area (Å²) >= 11 is 0. The maximum Gasteiger partial charge on any atom is 0.460 e. The quantitative estimate of drug-likeness (QED) is 0.0986. The van der Waals surface area contributed by atoms with Crippen LogP contribution in [0.5, 0.6) is 0 Å². The molecule has 0 aliphatic rings. The van der Waals surface area contributed by atoms with Gasteiger partial charge in [0, 0.05) is 12.0 Å². The van der Waals surface area contributed by atoms with Gasteiger partial charge in [0.15, 0.2) is 0 Å². The first-order valence-corrected chi connectivity index (χ1v) is 12.2. The molecule has 0 N–H and O–H groups in total. The molecule has 0 heterocycles. The third-order valence-corrected chi connectivity index (χ3v) is 6.26. The molecule has 0 fully saturated rings. The summed E-state index contributed by atoms with van der Waals surface area (Å²) in [4.78, 5) is 11.8. The number of rotatable bonds is 16. The summed E-state index contributed by atoms with van der Waals surface area (Å²) < 4.78 is 239. The highest BCUT2D eigenvalue weighted by Crippen LogP contribution is 2.64. The van der Waals surface area contributed by atoms with E-state index in [4.69, 9.17) is 9.47 Å².